The van der Waals surface area contributed by atoms with E-state index in [4.69, 9.17) is 0 Å². The van der Waals surface area contributed by atoms with Crippen molar-refractivity contribution in [3.63, 3.8) is 0 Å². The Hall–Kier alpha value is -3.51. The molecule has 6 heteroatoms. The van der Waals surface area contributed by atoms with Crippen LogP contribution in [0.15, 0.2) is 94.6 Å². The van der Waals surface area contributed by atoms with Crippen molar-refractivity contribution in [1.82, 2.24) is 9.19 Å². The van der Waals surface area contributed by atoms with E-state index < -0.39 is 15.6 Å². The molecule has 0 amide bonds. The van der Waals surface area contributed by atoms with Crippen LogP contribution in [0.4, 0.5) is 0 Å². The summed E-state index contributed by atoms with van der Waals surface area (Å²) in [5, 5.41) is 4.22. The van der Waals surface area contributed by atoms with E-state index in [0.717, 1.165) is 11.1 Å². The SMILES string of the molecule is Cc1ccc(S(=O)(=O)n2nc(C)c(-c3ccccc3)c(-c3ccccc3)c2=O)cc1. The van der Waals surface area contributed by atoms with Gasteiger partial charge >= 0.3 is 0 Å². The standard InChI is InChI=1S/C24H20N2O3S/c1-17-13-15-21(16-14-17)30(28,29)26-24(27)23(20-11-7-4-8-12-20)22(18(2)25-26)19-9-5-3-6-10-19/h3-16H,1-2H3. The molecule has 0 aliphatic carbocycles. The normalized spacial score (nSPS) is 11.4. The average Bonchev–Trinajstić information content (AvgIpc) is 2.76. The third-order valence-electron chi connectivity index (χ3n) is 4.91. The van der Waals surface area contributed by atoms with Crippen LogP contribution >= 0.6 is 0 Å². The first-order valence-corrected chi connectivity index (χ1v) is 10.9. The maximum atomic E-state index is 13.5. The molecule has 0 atom stereocenters. The fourth-order valence-electron chi connectivity index (χ4n) is 3.42. The largest absolute Gasteiger partial charge is 0.289 e. The van der Waals surface area contributed by atoms with Crippen LogP contribution < -0.4 is 5.56 Å². The Balaban J connectivity index is 2.06. The van der Waals surface area contributed by atoms with Crippen LogP contribution in [0.2, 0.25) is 0 Å². The first kappa shape index (κ1) is 19.8. The Morgan fingerprint density at radius 3 is 1.73 bits per heavy atom. The highest BCUT2D eigenvalue weighted by Crippen LogP contribution is 2.31. The van der Waals surface area contributed by atoms with Crippen molar-refractivity contribution < 1.29 is 8.42 Å². The Morgan fingerprint density at radius 1 is 0.700 bits per heavy atom. The van der Waals surface area contributed by atoms with Gasteiger partial charge in [-0.1, -0.05) is 78.4 Å². The van der Waals surface area contributed by atoms with Crippen molar-refractivity contribution in [2.24, 2.45) is 0 Å². The van der Waals surface area contributed by atoms with Gasteiger partial charge in [-0.3, -0.25) is 4.79 Å². The van der Waals surface area contributed by atoms with Crippen molar-refractivity contribution in [3.05, 3.63) is 107 Å². The molecule has 0 bridgehead atoms. The number of rotatable bonds is 4. The van der Waals surface area contributed by atoms with E-state index >= 15 is 0 Å². The number of hydrogen-bond acceptors (Lipinski definition) is 4. The van der Waals surface area contributed by atoms with Gasteiger partial charge in [0, 0.05) is 5.56 Å². The van der Waals surface area contributed by atoms with Crippen LogP contribution in [0.3, 0.4) is 0 Å². The highest BCUT2D eigenvalue weighted by Gasteiger charge is 2.26. The van der Waals surface area contributed by atoms with Gasteiger partial charge in [-0.15, -0.1) is 4.09 Å². The lowest BCUT2D eigenvalue weighted by molar-refractivity contribution is 0.575. The minimum absolute atomic E-state index is 0.0218. The van der Waals surface area contributed by atoms with Crippen molar-refractivity contribution in [1.29, 1.82) is 0 Å². The predicted octanol–water partition coefficient (Wildman–Crippen LogP) is 4.43. The van der Waals surface area contributed by atoms with E-state index in [1.54, 1.807) is 31.2 Å². The number of benzene rings is 3. The summed E-state index contributed by atoms with van der Waals surface area (Å²) >= 11 is 0. The maximum absolute atomic E-state index is 13.5. The van der Waals surface area contributed by atoms with Gasteiger partial charge in [0.15, 0.2) is 0 Å². The van der Waals surface area contributed by atoms with Gasteiger partial charge in [0.25, 0.3) is 15.6 Å². The van der Waals surface area contributed by atoms with E-state index in [1.807, 2.05) is 55.5 Å². The minimum Gasteiger partial charge on any atom is -0.266 e. The zero-order valence-corrected chi connectivity index (χ0v) is 17.4. The Labute approximate surface area is 175 Å². The Morgan fingerprint density at radius 2 is 1.20 bits per heavy atom. The summed E-state index contributed by atoms with van der Waals surface area (Å²) in [5.41, 5.74) is 3.08. The molecule has 0 saturated carbocycles. The summed E-state index contributed by atoms with van der Waals surface area (Å²) in [4.78, 5) is 13.5. The van der Waals surface area contributed by atoms with E-state index in [2.05, 4.69) is 5.10 Å². The predicted molar refractivity (Wildman–Crippen MR) is 118 cm³/mol. The second-order valence-corrected chi connectivity index (χ2v) is 8.80. The molecule has 3 aromatic carbocycles. The molecular formula is C24H20N2O3S. The van der Waals surface area contributed by atoms with Crippen LogP contribution in [0.5, 0.6) is 0 Å². The lowest BCUT2D eigenvalue weighted by Gasteiger charge is -2.16. The molecule has 0 N–H and O–H groups in total. The summed E-state index contributed by atoms with van der Waals surface area (Å²) in [6.07, 6.45) is 0. The summed E-state index contributed by atoms with van der Waals surface area (Å²) in [6.45, 7) is 3.59. The summed E-state index contributed by atoms with van der Waals surface area (Å²) in [5.74, 6) is 0. The quantitative estimate of drug-likeness (QED) is 0.493. The summed E-state index contributed by atoms with van der Waals surface area (Å²) in [7, 11) is -4.15. The highest BCUT2D eigenvalue weighted by atomic mass is 32.2. The number of hydrogen-bond donors (Lipinski definition) is 0. The number of nitrogens with zero attached hydrogens (tertiary/aromatic N) is 2. The fraction of sp³-hybridized carbons (Fsp3) is 0.0833. The van der Waals surface area contributed by atoms with Crippen LogP contribution in [-0.4, -0.2) is 17.6 Å². The molecule has 30 heavy (non-hydrogen) atoms. The molecule has 1 aromatic heterocycles. The Bertz CT molecular complexity index is 1360. The summed E-state index contributed by atoms with van der Waals surface area (Å²) < 4.78 is 27.1. The molecule has 0 radical (unpaired) electrons. The molecule has 0 unspecified atom stereocenters. The molecule has 0 aliphatic rings. The molecule has 4 rings (SSSR count). The molecule has 0 fully saturated rings. The Kier molecular flexibility index (Phi) is 5.10. The number of aromatic nitrogens is 2. The van der Waals surface area contributed by atoms with E-state index in [1.165, 1.54) is 12.1 Å². The molecular weight excluding hydrogens is 396 g/mol. The smallest absolute Gasteiger partial charge is 0.266 e. The van der Waals surface area contributed by atoms with Crippen molar-refractivity contribution in [3.8, 4) is 22.3 Å². The van der Waals surface area contributed by atoms with Crippen LogP contribution in [-0.2, 0) is 10.0 Å². The second-order valence-electron chi connectivity index (χ2n) is 7.03. The first-order chi connectivity index (χ1) is 14.4. The highest BCUT2D eigenvalue weighted by molar-refractivity contribution is 7.89. The molecule has 5 nitrogen and oxygen atoms in total. The van der Waals surface area contributed by atoms with E-state index in [0.29, 0.717) is 26.5 Å². The van der Waals surface area contributed by atoms with E-state index in [9.17, 15) is 13.2 Å². The third kappa shape index (κ3) is 3.46. The van der Waals surface area contributed by atoms with Gasteiger partial charge in [0.2, 0.25) is 0 Å². The minimum atomic E-state index is -4.15. The first-order valence-electron chi connectivity index (χ1n) is 9.46. The number of aryl methyl sites for hydroxylation is 2. The van der Waals surface area contributed by atoms with Crippen LogP contribution in [0.1, 0.15) is 11.3 Å². The lowest BCUT2D eigenvalue weighted by Crippen LogP contribution is -2.32. The van der Waals surface area contributed by atoms with Gasteiger partial charge in [0.05, 0.1) is 16.2 Å². The average molecular weight is 417 g/mol. The fourth-order valence-corrected chi connectivity index (χ4v) is 4.64. The molecule has 0 spiro atoms. The van der Waals surface area contributed by atoms with Crippen molar-refractivity contribution in [2.45, 2.75) is 18.7 Å². The van der Waals surface area contributed by atoms with E-state index in [-0.39, 0.29) is 4.90 Å². The topological polar surface area (TPSA) is 69.0 Å². The van der Waals surface area contributed by atoms with Crippen LogP contribution in [0.25, 0.3) is 22.3 Å². The summed E-state index contributed by atoms with van der Waals surface area (Å²) in [6, 6.07) is 24.8. The van der Waals surface area contributed by atoms with Gasteiger partial charge < -0.3 is 0 Å². The second kappa shape index (κ2) is 7.72. The van der Waals surface area contributed by atoms with Gasteiger partial charge in [0.1, 0.15) is 0 Å². The van der Waals surface area contributed by atoms with Crippen LogP contribution in [0, 0.1) is 13.8 Å². The molecule has 1 heterocycles. The maximum Gasteiger partial charge on any atom is 0.289 e. The molecule has 0 saturated heterocycles. The van der Waals surface area contributed by atoms with Gasteiger partial charge in [-0.25, -0.2) is 0 Å². The third-order valence-corrected chi connectivity index (χ3v) is 6.48. The lowest BCUT2D eigenvalue weighted by atomic mass is 9.95. The molecule has 4 aromatic rings. The van der Waals surface area contributed by atoms with Gasteiger partial charge in [-0.05, 0) is 37.1 Å². The zero-order valence-electron chi connectivity index (χ0n) is 16.6. The molecule has 150 valence electrons. The monoisotopic (exact) mass is 416 g/mol. The zero-order chi connectivity index (χ0) is 21.3. The van der Waals surface area contributed by atoms with Gasteiger partial charge in [-0.2, -0.15) is 13.5 Å². The van der Waals surface area contributed by atoms with Crippen molar-refractivity contribution in [2.75, 3.05) is 0 Å². The van der Waals surface area contributed by atoms with Crippen molar-refractivity contribution >= 4 is 10.0 Å². The molecule has 0 aliphatic heterocycles.